The third-order valence-electron chi connectivity index (χ3n) is 4.67. The fraction of sp³-hybridized carbons (Fsp3) is 0.591. The molecule has 0 aliphatic carbocycles. The average Bonchev–Trinajstić information content (AvgIpc) is 2.63. The molecule has 30 heavy (non-hydrogen) atoms. The molecule has 0 spiro atoms. The predicted octanol–water partition coefficient (Wildman–Crippen LogP) is 3.58. The zero-order valence-corrected chi connectivity index (χ0v) is 18.4. The topological polar surface area (TPSA) is 125 Å². The van der Waals surface area contributed by atoms with E-state index in [9.17, 15) is 19.5 Å². The van der Waals surface area contributed by atoms with Crippen LogP contribution in [0.5, 0.6) is 0 Å². The van der Waals surface area contributed by atoms with E-state index in [4.69, 9.17) is 9.84 Å². The van der Waals surface area contributed by atoms with Crippen molar-refractivity contribution < 1.29 is 29.3 Å². The first kappa shape index (κ1) is 25.4. The molecule has 168 valence electrons. The van der Waals surface area contributed by atoms with Gasteiger partial charge in [-0.2, -0.15) is 0 Å². The molecule has 1 rings (SSSR count). The number of nitrogens with one attached hydrogen (secondary N) is 2. The Balaban J connectivity index is 2.33. The zero-order chi connectivity index (χ0) is 22.9. The summed E-state index contributed by atoms with van der Waals surface area (Å²) in [5, 5.41) is 23.6. The summed E-state index contributed by atoms with van der Waals surface area (Å²) in [5.41, 5.74) is -0.474. The molecule has 0 aliphatic rings. The molecule has 0 saturated carbocycles. The maximum absolute atomic E-state index is 12.0. The molecule has 8 heteroatoms. The lowest BCUT2D eigenvalue weighted by Gasteiger charge is -2.27. The molecule has 8 nitrogen and oxygen atoms in total. The first-order valence-electron chi connectivity index (χ1n) is 10.0. The molecule has 1 aromatic rings. The van der Waals surface area contributed by atoms with Gasteiger partial charge in [-0.1, -0.05) is 45.0 Å². The summed E-state index contributed by atoms with van der Waals surface area (Å²) in [6, 6.07) is 6.56. The third-order valence-corrected chi connectivity index (χ3v) is 4.67. The molecule has 0 aromatic heterocycles. The van der Waals surface area contributed by atoms with Crippen LogP contribution in [0.1, 0.15) is 63.4 Å². The van der Waals surface area contributed by atoms with Gasteiger partial charge in [0.2, 0.25) is 0 Å². The maximum atomic E-state index is 12.0. The van der Waals surface area contributed by atoms with Crippen LogP contribution < -0.4 is 10.6 Å². The first-order valence-corrected chi connectivity index (χ1v) is 10.0. The Morgan fingerprint density at radius 1 is 1.07 bits per heavy atom. The second kappa shape index (κ2) is 11.0. The molecule has 4 N–H and O–H groups in total. The molecular formula is C22H34N2O6. The van der Waals surface area contributed by atoms with Crippen molar-refractivity contribution in [2.45, 2.75) is 59.7 Å². The number of carboxylic acid groups (broad SMARTS) is 1. The van der Waals surface area contributed by atoms with Crippen LogP contribution in [0.4, 0.5) is 9.59 Å². The van der Waals surface area contributed by atoms with Crippen molar-refractivity contribution in [1.29, 1.82) is 0 Å². The molecule has 0 fully saturated rings. The molecule has 1 aromatic carbocycles. The molecule has 2 amide bonds. The van der Waals surface area contributed by atoms with Crippen molar-refractivity contribution in [2.24, 2.45) is 11.3 Å². The number of alkyl carbamates (subject to hydrolysis) is 1. The second-order valence-electron chi connectivity index (χ2n) is 9.01. The summed E-state index contributed by atoms with van der Waals surface area (Å²) in [6.45, 7) is 9.85. The van der Waals surface area contributed by atoms with E-state index in [0.717, 1.165) is 18.4 Å². The summed E-state index contributed by atoms with van der Waals surface area (Å²) in [7, 11) is 0. The number of aliphatic hydroxyl groups is 1. The van der Waals surface area contributed by atoms with E-state index in [1.807, 2.05) is 13.8 Å². The predicted molar refractivity (Wildman–Crippen MR) is 113 cm³/mol. The van der Waals surface area contributed by atoms with Crippen LogP contribution in [0.2, 0.25) is 0 Å². The number of hydrogen-bond donors (Lipinski definition) is 4. The lowest BCUT2D eigenvalue weighted by atomic mass is 9.82. The van der Waals surface area contributed by atoms with Gasteiger partial charge in [0.05, 0.1) is 0 Å². The summed E-state index contributed by atoms with van der Waals surface area (Å²) in [6.07, 6.45) is 0.0169. The van der Waals surface area contributed by atoms with Gasteiger partial charge in [0.15, 0.2) is 5.78 Å². The molecule has 1 atom stereocenters. The number of carbonyl (C=O) groups excluding carboxylic acids is 2. The van der Waals surface area contributed by atoms with E-state index in [-0.39, 0.29) is 17.8 Å². The smallest absolute Gasteiger partial charge is 0.407 e. The van der Waals surface area contributed by atoms with E-state index in [0.29, 0.717) is 24.6 Å². The number of ether oxygens (including phenoxy) is 1. The van der Waals surface area contributed by atoms with Crippen LogP contribution in [-0.4, -0.2) is 46.9 Å². The van der Waals surface area contributed by atoms with Gasteiger partial charge in [0.1, 0.15) is 12.2 Å². The highest BCUT2D eigenvalue weighted by Gasteiger charge is 2.25. The highest BCUT2D eigenvalue weighted by atomic mass is 16.5. The number of amides is 2. The molecule has 0 heterocycles. The SMILES string of the molecule is CC(CCNC(=O)OCc1ccc(C(=O)C(C)(C)O)cc1)CC(C)(C)CNC(=O)O. The normalized spacial score (nSPS) is 12.7. The summed E-state index contributed by atoms with van der Waals surface area (Å²) in [5.74, 6) is -0.0690. The van der Waals surface area contributed by atoms with Crippen molar-refractivity contribution in [3.63, 3.8) is 0 Å². The second-order valence-corrected chi connectivity index (χ2v) is 9.01. The van der Waals surface area contributed by atoms with Crippen LogP contribution >= 0.6 is 0 Å². The summed E-state index contributed by atoms with van der Waals surface area (Å²) >= 11 is 0. The van der Waals surface area contributed by atoms with Crippen molar-refractivity contribution in [2.75, 3.05) is 13.1 Å². The minimum atomic E-state index is -1.43. The Bertz CT molecular complexity index is 722. The van der Waals surface area contributed by atoms with Gasteiger partial charge in [0.25, 0.3) is 0 Å². The number of benzene rings is 1. The average molecular weight is 423 g/mol. The highest BCUT2D eigenvalue weighted by Crippen LogP contribution is 2.26. The van der Waals surface area contributed by atoms with E-state index in [1.54, 1.807) is 24.3 Å². The Labute approximate surface area is 178 Å². The van der Waals surface area contributed by atoms with Crippen molar-refractivity contribution in [1.82, 2.24) is 10.6 Å². The number of carbonyl (C=O) groups is 3. The Kier molecular flexibility index (Phi) is 9.29. The number of ketones is 1. The fourth-order valence-corrected chi connectivity index (χ4v) is 3.16. The maximum Gasteiger partial charge on any atom is 0.407 e. The van der Waals surface area contributed by atoms with Gasteiger partial charge in [0, 0.05) is 18.7 Å². The van der Waals surface area contributed by atoms with Crippen LogP contribution in [-0.2, 0) is 11.3 Å². The van der Waals surface area contributed by atoms with Gasteiger partial charge >= 0.3 is 12.2 Å². The number of rotatable bonds is 11. The largest absolute Gasteiger partial charge is 0.465 e. The van der Waals surface area contributed by atoms with Gasteiger partial charge in [-0.15, -0.1) is 0 Å². The van der Waals surface area contributed by atoms with Gasteiger partial charge in [-0.25, -0.2) is 9.59 Å². The van der Waals surface area contributed by atoms with Crippen LogP contribution in [0, 0.1) is 11.3 Å². The zero-order valence-electron chi connectivity index (χ0n) is 18.4. The van der Waals surface area contributed by atoms with Gasteiger partial charge in [-0.05, 0) is 43.6 Å². The van der Waals surface area contributed by atoms with Crippen LogP contribution in [0.15, 0.2) is 24.3 Å². The lowest BCUT2D eigenvalue weighted by molar-refractivity contribution is 0.0488. The molecule has 0 radical (unpaired) electrons. The number of Topliss-reactive ketones (excluding diaryl/α,β-unsaturated/α-hetero) is 1. The quantitative estimate of drug-likeness (QED) is 0.404. The minimum Gasteiger partial charge on any atom is -0.465 e. The van der Waals surface area contributed by atoms with E-state index in [2.05, 4.69) is 17.6 Å². The molecule has 0 aliphatic heterocycles. The molecule has 0 saturated heterocycles. The van der Waals surface area contributed by atoms with E-state index < -0.39 is 17.8 Å². The Hall–Kier alpha value is -2.61. The standard InChI is InChI=1S/C22H34N2O6/c1-15(12-21(2,3)14-24-19(26)27)10-11-23-20(28)30-13-16-6-8-17(9-7-16)18(25)22(4,5)29/h6-9,15,24,29H,10-14H2,1-5H3,(H,23,28)(H,26,27). The van der Waals surface area contributed by atoms with E-state index >= 15 is 0 Å². The summed E-state index contributed by atoms with van der Waals surface area (Å²) < 4.78 is 5.18. The number of hydrogen-bond acceptors (Lipinski definition) is 5. The fourth-order valence-electron chi connectivity index (χ4n) is 3.16. The van der Waals surface area contributed by atoms with Crippen molar-refractivity contribution in [3.8, 4) is 0 Å². The lowest BCUT2D eigenvalue weighted by Crippen LogP contribution is -2.34. The van der Waals surface area contributed by atoms with E-state index in [1.165, 1.54) is 13.8 Å². The Morgan fingerprint density at radius 2 is 1.67 bits per heavy atom. The monoisotopic (exact) mass is 422 g/mol. The van der Waals surface area contributed by atoms with Crippen LogP contribution in [0.3, 0.4) is 0 Å². The summed E-state index contributed by atoms with van der Waals surface area (Å²) in [4.78, 5) is 34.5. The molecule has 0 bridgehead atoms. The Morgan fingerprint density at radius 3 is 2.20 bits per heavy atom. The molecular weight excluding hydrogens is 388 g/mol. The van der Waals surface area contributed by atoms with Gasteiger partial charge in [-0.3, -0.25) is 4.79 Å². The molecule has 1 unspecified atom stereocenters. The van der Waals surface area contributed by atoms with Crippen molar-refractivity contribution >= 4 is 18.0 Å². The highest BCUT2D eigenvalue weighted by molar-refractivity contribution is 6.01. The first-order chi connectivity index (χ1) is 13.8. The van der Waals surface area contributed by atoms with Crippen LogP contribution in [0.25, 0.3) is 0 Å². The minimum absolute atomic E-state index is 0.0757. The van der Waals surface area contributed by atoms with Crippen molar-refractivity contribution in [3.05, 3.63) is 35.4 Å². The van der Waals surface area contributed by atoms with Gasteiger partial charge < -0.3 is 25.6 Å². The third kappa shape index (κ3) is 9.73.